The first kappa shape index (κ1) is 22.5. The Morgan fingerprint density at radius 2 is 1.75 bits per heavy atom. The van der Waals surface area contributed by atoms with Crippen molar-refractivity contribution in [1.82, 2.24) is 15.5 Å². The summed E-state index contributed by atoms with van der Waals surface area (Å²) in [5.41, 5.74) is 0.805. The summed E-state index contributed by atoms with van der Waals surface area (Å²) < 4.78 is 38.3. The van der Waals surface area contributed by atoms with Crippen LogP contribution in [-0.2, 0) is 20.7 Å². The molecule has 2 amide bonds. The number of carbonyl (C=O) groups excluding carboxylic acids is 3. The van der Waals surface area contributed by atoms with Crippen LogP contribution in [0.3, 0.4) is 0 Å². The molecule has 0 fully saturated rings. The number of nitrogens with one attached hydrogen (secondary N) is 1. The van der Waals surface area contributed by atoms with Crippen LogP contribution < -0.4 is 10.1 Å². The lowest BCUT2D eigenvalue weighted by atomic mass is 10.2. The Hall–Kier alpha value is -4.15. The van der Waals surface area contributed by atoms with Gasteiger partial charge in [-0.05, 0) is 24.3 Å². The van der Waals surface area contributed by atoms with Crippen LogP contribution in [0.4, 0.5) is 8.78 Å². The van der Waals surface area contributed by atoms with E-state index in [4.69, 9.17) is 9.26 Å². The zero-order chi connectivity index (χ0) is 22.9. The molecule has 0 spiro atoms. The molecule has 1 aromatic heterocycles. The quantitative estimate of drug-likeness (QED) is 0.499. The summed E-state index contributed by atoms with van der Waals surface area (Å²) in [6, 6.07) is 13.9. The molecule has 166 valence electrons. The number of benzene rings is 2. The van der Waals surface area contributed by atoms with Gasteiger partial charge in [0.25, 0.3) is 11.8 Å². The van der Waals surface area contributed by atoms with Gasteiger partial charge in [0.15, 0.2) is 6.61 Å². The average Bonchev–Trinajstić information content (AvgIpc) is 3.26. The van der Waals surface area contributed by atoms with E-state index in [1.54, 1.807) is 0 Å². The summed E-state index contributed by atoms with van der Waals surface area (Å²) in [6.07, 6.45) is 0.00943. The highest BCUT2D eigenvalue weighted by molar-refractivity contribution is 6.05. The van der Waals surface area contributed by atoms with Crippen LogP contribution in [-0.4, -0.2) is 41.1 Å². The molecule has 11 heteroatoms. The number of nitrogens with zero attached hydrogens (tertiary/aromatic N) is 2. The monoisotopic (exact) mass is 445 g/mol. The van der Waals surface area contributed by atoms with Gasteiger partial charge in [0.2, 0.25) is 11.7 Å². The zero-order valence-corrected chi connectivity index (χ0v) is 16.5. The highest BCUT2D eigenvalue weighted by atomic mass is 19.3. The second kappa shape index (κ2) is 10.8. The van der Waals surface area contributed by atoms with Gasteiger partial charge in [0.1, 0.15) is 5.75 Å². The lowest BCUT2D eigenvalue weighted by Gasteiger charge is -2.07. The lowest BCUT2D eigenvalue weighted by molar-refractivity contribution is -0.148. The van der Waals surface area contributed by atoms with E-state index >= 15 is 0 Å². The Balaban J connectivity index is 1.39. The number of hydrogen-bond acceptors (Lipinski definition) is 8. The number of alkyl halides is 2. The van der Waals surface area contributed by atoms with Crippen molar-refractivity contribution in [2.24, 2.45) is 0 Å². The molecule has 9 nitrogen and oxygen atoms in total. The molecule has 1 N–H and O–H groups in total. The number of aromatic nitrogens is 2. The minimum atomic E-state index is -2.99. The maximum Gasteiger partial charge on any atom is 0.387 e. The van der Waals surface area contributed by atoms with Gasteiger partial charge in [-0.25, -0.2) is 0 Å². The molecular formula is C21H17F2N3O6. The van der Waals surface area contributed by atoms with Gasteiger partial charge in [0.05, 0.1) is 6.42 Å². The predicted octanol–water partition coefficient (Wildman–Crippen LogP) is 2.77. The van der Waals surface area contributed by atoms with E-state index in [-0.39, 0.29) is 30.0 Å². The third-order valence-corrected chi connectivity index (χ3v) is 4.00. The number of amides is 2. The van der Waals surface area contributed by atoms with E-state index in [0.29, 0.717) is 5.82 Å². The smallest absolute Gasteiger partial charge is 0.387 e. The van der Waals surface area contributed by atoms with Crippen LogP contribution in [0.5, 0.6) is 5.75 Å². The third-order valence-electron chi connectivity index (χ3n) is 4.00. The summed E-state index contributed by atoms with van der Waals surface area (Å²) in [5.74, 6) is -1.83. The van der Waals surface area contributed by atoms with Gasteiger partial charge in [-0.2, -0.15) is 13.8 Å². The molecule has 0 aliphatic rings. The average molecular weight is 445 g/mol. The van der Waals surface area contributed by atoms with Crippen LogP contribution in [0.1, 0.15) is 22.7 Å². The van der Waals surface area contributed by atoms with Gasteiger partial charge in [-0.3, -0.25) is 19.7 Å². The van der Waals surface area contributed by atoms with E-state index in [9.17, 15) is 23.2 Å². The molecule has 0 bridgehead atoms. The summed E-state index contributed by atoms with van der Waals surface area (Å²) >= 11 is 0. The number of carbonyl (C=O) groups is 3. The highest BCUT2D eigenvalue weighted by Crippen LogP contribution is 2.16. The van der Waals surface area contributed by atoms with Gasteiger partial charge in [0, 0.05) is 17.5 Å². The van der Waals surface area contributed by atoms with E-state index < -0.39 is 31.0 Å². The molecule has 0 aliphatic carbocycles. The van der Waals surface area contributed by atoms with E-state index in [1.165, 1.54) is 12.1 Å². The van der Waals surface area contributed by atoms with Crippen molar-refractivity contribution in [2.45, 2.75) is 19.5 Å². The number of hydrogen-bond donors (Lipinski definition) is 1. The predicted molar refractivity (Wildman–Crippen MR) is 105 cm³/mol. The summed E-state index contributed by atoms with van der Waals surface area (Å²) in [7, 11) is 0. The molecule has 32 heavy (non-hydrogen) atoms. The second-order valence-corrected chi connectivity index (χ2v) is 6.32. The highest BCUT2D eigenvalue weighted by Gasteiger charge is 2.15. The number of halogens is 2. The topological polar surface area (TPSA) is 121 Å². The van der Waals surface area contributed by atoms with Crippen molar-refractivity contribution < 1.29 is 37.2 Å². The minimum absolute atomic E-state index is 0.0388. The standard InChI is InChI=1S/C21H17F2N3O6/c22-21(23)31-15-8-6-14(7-9-15)20(29)24-16(27)12-30-18(28)11-10-17-25-19(26-32-17)13-4-2-1-3-5-13/h1-9,21H,10-12H2,(H,24,27,29). The number of esters is 1. The maximum atomic E-state index is 12.1. The molecular weight excluding hydrogens is 428 g/mol. The van der Waals surface area contributed by atoms with Gasteiger partial charge in [-0.1, -0.05) is 35.5 Å². The van der Waals surface area contributed by atoms with E-state index in [1.807, 2.05) is 35.6 Å². The molecule has 0 saturated heterocycles. The number of aryl methyl sites for hydroxylation is 1. The Labute approximate surface area is 180 Å². The molecule has 3 rings (SSSR count). The maximum absolute atomic E-state index is 12.1. The first-order valence-corrected chi connectivity index (χ1v) is 9.33. The molecule has 1 heterocycles. The van der Waals surface area contributed by atoms with Crippen molar-refractivity contribution in [3.8, 4) is 17.1 Å². The second-order valence-electron chi connectivity index (χ2n) is 6.32. The van der Waals surface area contributed by atoms with Crippen molar-refractivity contribution in [2.75, 3.05) is 6.61 Å². The SMILES string of the molecule is O=C(COC(=O)CCc1nc(-c2ccccc2)no1)NC(=O)c1ccc(OC(F)F)cc1. The van der Waals surface area contributed by atoms with Crippen molar-refractivity contribution in [3.05, 3.63) is 66.1 Å². The van der Waals surface area contributed by atoms with Crippen molar-refractivity contribution in [3.63, 3.8) is 0 Å². The molecule has 0 unspecified atom stereocenters. The lowest BCUT2D eigenvalue weighted by Crippen LogP contribution is -2.34. The molecule has 0 saturated carbocycles. The van der Waals surface area contributed by atoms with Crippen LogP contribution in [0.25, 0.3) is 11.4 Å². The zero-order valence-electron chi connectivity index (χ0n) is 16.5. The Bertz CT molecular complexity index is 1070. The summed E-state index contributed by atoms with van der Waals surface area (Å²) in [4.78, 5) is 39.8. The summed E-state index contributed by atoms with van der Waals surface area (Å²) in [6.45, 7) is -3.66. The first-order chi connectivity index (χ1) is 15.4. The Kier molecular flexibility index (Phi) is 7.57. The third kappa shape index (κ3) is 6.69. The Morgan fingerprint density at radius 1 is 1.03 bits per heavy atom. The number of ether oxygens (including phenoxy) is 2. The van der Waals surface area contributed by atoms with Crippen LogP contribution >= 0.6 is 0 Å². The van der Waals surface area contributed by atoms with E-state index in [0.717, 1.165) is 17.7 Å². The van der Waals surface area contributed by atoms with Gasteiger partial charge >= 0.3 is 12.6 Å². The molecule has 0 radical (unpaired) electrons. The van der Waals surface area contributed by atoms with Gasteiger partial charge in [-0.15, -0.1) is 0 Å². The van der Waals surface area contributed by atoms with Crippen LogP contribution in [0.15, 0.2) is 59.1 Å². The van der Waals surface area contributed by atoms with E-state index in [2.05, 4.69) is 14.9 Å². The fraction of sp³-hybridized carbons (Fsp3) is 0.190. The van der Waals surface area contributed by atoms with Crippen LogP contribution in [0.2, 0.25) is 0 Å². The normalized spacial score (nSPS) is 10.6. The summed E-state index contributed by atoms with van der Waals surface area (Å²) in [5, 5.41) is 5.86. The van der Waals surface area contributed by atoms with Crippen LogP contribution in [0, 0.1) is 0 Å². The van der Waals surface area contributed by atoms with Gasteiger partial charge < -0.3 is 14.0 Å². The fourth-order valence-electron chi connectivity index (χ4n) is 2.51. The number of imide groups is 1. The first-order valence-electron chi connectivity index (χ1n) is 9.33. The molecule has 3 aromatic rings. The minimum Gasteiger partial charge on any atom is -0.456 e. The molecule has 0 aliphatic heterocycles. The molecule has 2 aromatic carbocycles. The van der Waals surface area contributed by atoms with Crippen molar-refractivity contribution >= 4 is 17.8 Å². The van der Waals surface area contributed by atoms with Crippen molar-refractivity contribution in [1.29, 1.82) is 0 Å². The fourth-order valence-corrected chi connectivity index (χ4v) is 2.51. The molecule has 0 atom stereocenters. The largest absolute Gasteiger partial charge is 0.456 e. The Morgan fingerprint density at radius 3 is 2.44 bits per heavy atom. The number of rotatable bonds is 9.